The summed E-state index contributed by atoms with van der Waals surface area (Å²) in [6.07, 6.45) is 5.47. The van der Waals surface area contributed by atoms with Crippen LogP contribution in [-0.2, 0) is 9.63 Å². The summed E-state index contributed by atoms with van der Waals surface area (Å²) < 4.78 is 5.10. The second-order valence-electron chi connectivity index (χ2n) is 6.78. The number of methoxy groups -OCH3 is 1. The Hall–Kier alpha value is -1.70. The maximum Gasteiger partial charge on any atom is 0.221 e. The number of carbonyl (C=O) groups is 1. The highest BCUT2D eigenvalue weighted by Crippen LogP contribution is 2.38. The summed E-state index contributed by atoms with van der Waals surface area (Å²) in [6, 6.07) is 3.59. The number of hydrogen-bond acceptors (Lipinski definition) is 6. The molecule has 1 aliphatic carbocycles. The minimum Gasteiger partial charge on any atom is -0.481 e. The molecule has 0 aromatic carbocycles. The van der Waals surface area contributed by atoms with Crippen LogP contribution in [0, 0.1) is 5.92 Å². The van der Waals surface area contributed by atoms with Crippen molar-refractivity contribution in [1.82, 2.24) is 15.4 Å². The molecular formula is C18H27N3O4. The lowest BCUT2D eigenvalue weighted by molar-refractivity contribution is -0.181. The number of amides is 1. The van der Waals surface area contributed by atoms with Gasteiger partial charge in [0.05, 0.1) is 25.9 Å². The van der Waals surface area contributed by atoms with Gasteiger partial charge in [-0.15, -0.1) is 0 Å². The van der Waals surface area contributed by atoms with Gasteiger partial charge in [-0.05, 0) is 37.2 Å². The quantitative estimate of drug-likeness (QED) is 0.775. The van der Waals surface area contributed by atoms with Gasteiger partial charge in [-0.1, -0.05) is 6.07 Å². The second kappa shape index (κ2) is 8.60. The van der Waals surface area contributed by atoms with E-state index in [1.54, 1.807) is 19.4 Å². The molecule has 1 atom stereocenters. The normalized spacial score (nSPS) is 25.0. The zero-order chi connectivity index (χ0) is 17.6. The van der Waals surface area contributed by atoms with Crippen molar-refractivity contribution in [2.75, 3.05) is 26.8 Å². The van der Waals surface area contributed by atoms with E-state index in [0.29, 0.717) is 31.7 Å². The van der Waals surface area contributed by atoms with Crippen LogP contribution in [0.25, 0.3) is 0 Å². The van der Waals surface area contributed by atoms with Gasteiger partial charge in [0.25, 0.3) is 0 Å². The highest BCUT2D eigenvalue weighted by Gasteiger charge is 2.35. The summed E-state index contributed by atoms with van der Waals surface area (Å²) in [4.78, 5) is 22.2. The van der Waals surface area contributed by atoms with Crippen molar-refractivity contribution in [3.8, 4) is 5.88 Å². The van der Waals surface area contributed by atoms with E-state index in [1.165, 1.54) is 0 Å². The third-order valence-electron chi connectivity index (χ3n) is 4.93. The zero-order valence-electron chi connectivity index (χ0n) is 14.7. The van der Waals surface area contributed by atoms with E-state index < -0.39 is 0 Å². The van der Waals surface area contributed by atoms with Crippen molar-refractivity contribution in [3.63, 3.8) is 0 Å². The number of hydroxylamine groups is 2. The van der Waals surface area contributed by atoms with Crippen molar-refractivity contribution < 1.29 is 19.5 Å². The zero-order valence-corrected chi connectivity index (χ0v) is 14.7. The van der Waals surface area contributed by atoms with E-state index in [9.17, 15) is 9.90 Å². The molecule has 0 unspecified atom stereocenters. The summed E-state index contributed by atoms with van der Waals surface area (Å²) in [6.45, 7) is 2.22. The fraction of sp³-hybridized carbons (Fsp3) is 0.667. The van der Waals surface area contributed by atoms with E-state index in [4.69, 9.17) is 9.57 Å². The molecule has 1 saturated carbocycles. The molecule has 0 spiro atoms. The number of rotatable bonds is 7. The van der Waals surface area contributed by atoms with Gasteiger partial charge < -0.3 is 15.2 Å². The van der Waals surface area contributed by atoms with Crippen LogP contribution < -0.4 is 10.1 Å². The Kier molecular flexibility index (Phi) is 6.23. The van der Waals surface area contributed by atoms with Gasteiger partial charge in [0.15, 0.2) is 0 Å². The molecule has 3 rings (SSSR count). The molecular weight excluding hydrogens is 322 g/mol. The summed E-state index contributed by atoms with van der Waals surface area (Å²) >= 11 is 0. The summed E-state index contributed by atoms with van der Waals surface area (Å²) in [5.74, 6) is 0.779. The third kappa shape index (κ3) is 4.90. The predicted molar refractivity (Wildman–Crippen MR) is 91.8 cm³/mol. The fourth-order valence-electron chi connectivity index (χ4n) is 3.37. The first-order valence-corrected chi connectivity index (χ1v) is 9.01. The molecule has 0 radical (unpaired) electrons. The Labute approximate surface area is 148 Å². The highest BCUT2D eigenvalue weighted by atomic mass is 16.7. The van der Waals surface area contributed by atoms with Gasteiger partial charge >= 0.3 is 0 Å². The van der Waals surface area contributed by atoms with Crippen molar-refractivity contribution >= 4 is 5.91 Å². The maximum absolute atomic E-state index is 12.4. The van der Waals surface area contributed by atoms with E-state index >= 15 is 0 Å². The number of aromatic nitrogens is 1. The molecule has 25 heavy (non-hydrogen) atoms. The average Bonchev–Trinajstić information content (AvgIpc) is 2.63. The number of carbonyl (C=O) groups excluding carboxylic acids is 1. The third-order valence-corrected chi connectivity index (χ3v) is 4.93. The Balaban J connectivity index is 1.57. The average molecular weight is 349 g/mol. The molecule has 1 aliphatic heterocycles. The highest BCUT2D eigenvalue weighted by molar-refractivity contribution is 5.76. The molecule has 2 N–H and O–H groups in total. The number of aliphatic hydroxyl groups is 1. The van der Waals surface area contributed by atoms with E-state index in [1.807, 2.05) is 11.1 Å². The number of hydrogen-bond donors (Lipinski definition) is 2. The van der Waals surface area contributed by atoms with Crippen LogP contribution in [0.1, 0.15) is 43.7 Å². The van der Waals surface area contributed by atoms with Gasteiger partial charge in [0.1, 0.15) is 0 Å². The lowest BCUT2D eigenvalue weighted by Crippen LogP contribution is -2.42. The molecule has 2 fully saturated rings. The Morgan fingerprint density at radius 3 is 2.92 bits per heavy atom. The minimum absolute atomic E-state index is 0.00335. The van der Waals surface area contributed by atoms with Crippen molar-refractivity contribution in [1.29, 1.82) is 0 Å². The van der Waals surface area contributed by atoms with Crippen LogP contribution in [0.15, 0.2) is 18.3 Å². The van der Waals surface area contributed by atoms with Crippen LogP contribution in [-0.4, -0.2) is 54.0 Å². The first-order valence-electron chi connectivity index (χ1n) is 9.01. The lowest BCUT2D eigenvalue weighted by Gasteiger charge is -2.38. The Morgan fingerprint density at radius 2 is 2.32 bits per heavy atom. The fourth-order valence-corrected chi connectivity index (χ4v) is 3.37. The van der Waals surface area contributed by atoms with Gasteiger partial charge in [-0.2, -0.15) is 5.06 Å². The monoisotopic (exact) mass is 349 g/mol. The van der Waals surface area contributed by atoms with Crippen LogP contribution in [0.4, 0.5) is 0 Å². The molecule has 0 bridgehead atoms. The van der Waals surface area contributed by atoms with Crippen molar-refractivity contribution in [2.24, 2.45) is 5.92 Å². The van der Waals surface area contributed by atoms with Gasteiger partial charge in [0.2, 0.25) is 11.8 Å². The molecule has 1 amide bonds. The van der Waals surface area contributed by atoms with E-state index in [-0.39, 0.29) is 24.0 Å². The van der Waals surface area contributed by atoms with Crippen molar-refractivity contribution in [3.05, 3.63) is 23.9 Å². The summed E-state index contributed by atoms with van der Waals surface area (Å²) in [7, 11) is 1.58. The van der Waals surface area contributed by atoms with E-state index in [2.05, 4.69) is 10.3 Å². The first kappa shape index (κ1) is 18.1. The topological polar surface area (TPSA) is 83.9 Å². The smallest absolute Gasteiger partial charge is 0.221 e. The van der Waals surface area contributed by atoms with Crippen LogP contribution in [0.5, 0.6) is 5.88 Å². The number of aliphatic hydroxyl groups excluding tert-OH is 1. The molecule has 7 nitrogen and oxygen atoms in total. The van der Waals surface area contributed by atoms with Crippen LogP contribution in [0.2, 0.25) is 0 Å². The van der Waals surface area contributed by atoms with Gasteiger partial charge in [0, 0.05) is 31.8 Å². The van der Waals surface area contributed by atoms with Crippen LogP contribution in [0.3, 0.4) is 0 Å². The van der Waals surface area contributed by atoms with E-state index in [0.717, 1.165) is 31.6 Å². The minimum atomic E-state index is -0.266. The maximum atomic E-state index is 12.4. The van der Waals surface area contributed by atoms with Gasteiger partial charge in [-0.25, -0.2) is 4.98 Å². The van der Waals surface area contributed by atoms with Crippen LogP contribution >= 0.6 is 0 Å². The molecule has 138 valence electrons. The summed E-state index contributed by atoms with van der Waals surface area (Å²) in [5.41, 5.74) is 0.945. The Morgan fingerprint density at radius 1 is 1.48 bits per heavy atom. The molecule has 2 aliphatic rings. The summed E-state index contributed by atoms with van der Waals surface area (Å²) in [5, 5.41) is 14.6. The second-order valence-corrected chi connectivity index (χ2v) is 6.78. The lowest BCUT2D eigenvalue weighted by atomic mass is 9.75. The molecule has 7 heteroatoms. The van der Waals surface area contributed by atoms with Crippen molar-refractivity contribution in [2.45, 2.75) is 44.2 Å². The standard InChI is InChI=1S/C18H27N3O4/c1-24-17-5-4-13(12-19-17)18(14-10-15(22)11-14)20-16(23)6-8-21-7-2-3-9-25-21/h4-5,12,14-15,18,22H,2-3,6-11H2,1H3,(H,20,23)/t14?,15?,18-/m1/s1. The predicted octanol–water partition coefficient (Wildman–Crippen LogP) is 1.44. The number of nitrogens with zero attached hydrogens (tertiary/aromatic N) is 2. The molecule has 1 aromatic heterocycles. The number of pyridine rings is 1. The largest absolute Gasteiger partial charge is 0.481 e. The first-order chi connectivity index (χ1) is 12.2. The number of ether oxygens (including phenoxy) is 1. The molecule has 1 saturated heterocycles. The molecule has 2 heterocycles. The van der Waals surface area contributed by atoms with Gasteiger partial charge in [-0.3, -0.25) is 9.63 Å². The molecule has 1 aromatic rings. The Bertz CT molecular complexity index is 554. The number of nitrogens with one attached hydrogen (secondary N) is 1. The SMILES string of the molecule is COc1ccc([C@@H](NC(=O)CCN2CCCCO2)C2CC(O)C2)cn1.